The highest BCUT2D eigenvalue weighted by atomic mass is 32.2. The van der Waals surface area contributed by atoms with Gasteiger partial charge in [0.05, 0.1) is 11.1 Å². The Labute approximate surface area is 159 Å². The van der Waals surface area contributed by atoms with Crippen LogP contribution >= 0.6 is 23.1 Å². The van der Waals surface area contributed by atoms with Gasteiger partial charge in [0.1, 0.15) is 4.83 Å². The van der Waals surface area contributed by atoms with Crippen molar-refractivity contribution in [3.63, 3.8) is 0 Å². The summed E-state index contributed by atoms with van der Waals surface area (Å²) in [6.45, 7) is 4.65. The Kier molecular flexibility index (Phi) is 6.25. The minimum atomic E-state index is -0.0943. The summed E-state index contributed by atoms with van der Waals surface area (Å²) in [4.78, 5) is 29.9. The first-order valence-electron chi connectivity index (χ1n) is 8.21. The predicted molar refractivity (Wildman–Crippen MR) is 108 cm³/mol. The highest BCUT2D eigenvalue weighted by molar-refractivity contribution is 7.99. The summed E-state index contributed by atoms with van der Waals surface area (Å²) in [6, 6.07) is 11.8. The van der Waals surface area contributed by atoms with Gasteiger partial charge < -0.3 is 5.32 Å². The lowest BCUT2D eigenvalue weighted by molar-refractivity contribution is -0.118. The molecule has 0 aliphatic rings. The number of aromatic nitrogens is 2. The number of nitrogens with one attached hydrogen (secondary N) is 1. The molecule has 5 nitrogen and oxygen atoms in total. The first-order chi connectivity index (χ1) is 12.7. The first kappa shape index (κ1) is 18.4. The summed E-state index contributed by atoms with van der Waals surface area (Å²) in [6.07, 6.45) is 2.45. The molecule has 26 heavy (non-hydrogen) atoms. The number of carbonyl (C=O) groups excluding carboxylic acids is 1. The number of nitrogens with zero attached hydrogens (tertiary/aromatic N) is 2. The number of amides is 1. The summed E-state index contributed by atoms with van der Waals surface area (Å²) in [5, 5.41) is 5.91. The van der Waals surface area contributed by atoms with E-state index >= 15 is 0 Å². The van der Waals surface area contributed by atoms with E-state index in [1.54, 1.807) is 16.7 Å². The molecule has 134 valence electrons. The number of allylic oxidation sites excluding steroid dienone is 1. The molecule has 2 heterocycles. The van der Waals surface area contributed by atoms with Crippen LogP contribution in [-0.2, 0) is 17.8 Å². The van der Waals surface area contributed by atoms with E-state index in [9.17, 15) is 9.59 Å². The van der Waals surface area contributed by atoms with Crippen LogP contribution < -0.4 is 10.9 Å². The van der Waals surface area contributed by atoms with E-state index < -0.39 is 0 Å². The molecule has 0 spiro atoms. The van der Waals surface area contributed by atoms with Crippen molar-refractivity contribution in [1.82, 2.24) is 14.9 Å². The molecule has 3 aromatic rings. The van der Waals surface area contributed by atoms with Gasteiger partial charge in [0.15, 0.2) is 5.16 Å². The van der Waals surface area contributed by atoms with E-state index in [1.165, 1.54) is 28.7 Å². The van der Waals surface area contributed by atoms with Gasteiger partial charge in [-0.15, -0.1) is 17.9 Å². The summed E-state index contributed by atoms with van der Waals surface area (Å²) in [5.74, 6) is 0.145. The number of benzene rings is 1. The van der Waals surface area contributed by atoms with Crippen LogP contribution in [0.15, 0.2) is 64.4 Å². The molecule has 0 aliphatic heterocycles. The largest absolute Gasteiger partial charge is 0.355 e. The van der Waals surface area contributed by atoms with Crippen LogP contribution in [0.5, 0.6) is 0 Å². The molecule has 0 atom stereocenters. The molecule has 0 saturated carbocycles. The Bertz CT molecular complexity index is 964. The number of carbonyl (C=O) groups is 1. The van der Waals surface area contributed by atoms with Crippen molar-refractivity contribution in [3.8, 4) is 0 Å². The normalized spacial score (nSPS) is 10.8. The van der Waals surface area contributed by atoms with Crippen LogP contribution in [0.25, 0.3) is 10.2 Å². The quantitative estimate of drug-likeness (QED) is 0.368. The predicted octanol–water partition coefficient (Wildman–Crippen LogP) is 3.10. The van der Waals surface area contributed by atoms with Crippen LogP contribution in [0.2, 0.25) is 0 Å². The SMILES string of the molecule is C=CCn1c(SCC(=O)NCCc2ccccc2)nc2sccc2c1=O. The Hall–Kier alpha value is -2.38. The van der Waals surface area contributed by atoms with Gasteiger partial charge in [-0.05, 0) is 23.4 Å². The molecule has 0 unspecified atom stereocenters. The number of hydrogen-bond acceptors (Lipinski definition) is 5. The monoisotopic (exact) mass is 385 g/mol. The van der Waals surface area contributed by atoms with Crippen molar-refractivity contribution in [2.24, 2.45) is 0 Å². The number of fused-ring (bicyclic) bond motifs is 1. The molecule has 0 fully saturated rings. The van der Waals surface area contributed by atoms with Gasteiger partial charge in [-0.2, -0.15) is 0 Å². The second-order valence-corrected chi connectivity index (χ2v) is 7.45. The van der Waals surface area contributed by atoms with E-state index in [-0.39, 0.29) is 17.2 Å². The summed E-state index contributed by atoms with van der Waals surface area (Å²) < 4.78 is 1.56. The first-order valence-corrected chi connectivity index (χ1v) is 10.1. The van der Waals surface area contributed by atoms with E-state index in [1.807, 2.05) is 35.7 Å². The lowest BCUT2D eigenvalue weighted by atomic mass is 10.1. The Morgan fingerprint density at radius 1 is 1.31 bits per heavy atom. The summed E-state index contributed by atoms with van der Waals surface area (Å²) >= 11 is 2.70. The molecule has 2 aromatic heterocycles. The molecular formula is C19H19N3O2S2. The van der Waals surface area contributed by atoms with Crippen LogP contribution in [0.4, 0.5) is 0 Å². The fraction of sp³-hybridized carbons (Fsp3) is 0.211. The lowest BCUT2D eigenvalue weighted by Gasteiger charge is -2.10. The Balaban J connectivity index is 1.61. The maximum atomic E-state index is 12.5. The van der Waals surface area contributed by atoms with Gasteiger partial charge in [-0.3, -0.25) is 14.2 Å². The molecule has 0 radical (unpaired) electrons. The highest BCUT2D eigenvalue weighted by Crippen LogP contribution is 2.21. The van der Waals surface area contributed by atoms with Crippen LogP contribution in [0.1, 0.15) is 5.56 Å². The second-order valence-electron chi connectivity index (χ2n) is 5.61. The van der Waals surface area contributed by atoms with Gasteiger partial charge in [0, 0.05) is 13.1 Å². The van der Waals surface area contributed by atoms with Crippen LogP contribution in [0, 0.1) is 0 Å². The van der Waals surface area contributed by atoms with E-state index in [2.05, 4.69) is 16.9 Å². The fourth-order valence-electron chi connectivity index (χ4n) is 2.50. The smallest absolute Gasteiger partial charge is 0.263 e. The molecule has 1 amide bonds. The summed E-state index contributed by atoms with van der Waals surface area (Å²) in [7, 11) is 0. The maximum Gasteiger partial charge on any atom is 0.263 e. The van der Waals surface area contributed by atoms with Crippen molar-refractivity contribution in [2.45, 2.75) is 18.1 Å². The van der Waals surface area contributed by atoms with Gasteiger partial charge in [-0.1, -0.05) is 48.2 Å². The van der Waals surface area contributed by atoms with Crippen LogP contribution in [0.3, 0.4) is 0 Å². The average Bonchev–Trinajstić information content (AvgIpc) is 3.12. The molecule has 0 saturated heterocycles. The zero-order valence-corrected chi connectivity index (χ0v) is 15.8. The minimum absolute atomic E-state index is 0.0726. The van der Waals surface area contributed by atoms with Crippen LogP contribution in [-0.4, -0.2) is 27.8 Å². The topological polar surface area (TPSA) is 64.0 Å². The Morgan fingerprint density at radius 3 is 2.88 bits per heavy atom. The molecular weight excluding hydrogens is 366 g/mol. The molecule has 1 aromatic carbocycles. The fourth-order valence-corrected chi connectivity index (χ4v) is 4.15. The number of thioether (sulfide) groups is 1. The molecule has 3 rings (SSSR count). The van der Waals surface area contributed by atoms with Crippen molar-refractivity contribution >= 4 is 39.2 Å². The van der Waals surface area contributed by atoms with Crippen molar-refractivity contribution in [1.29, 1.82) is 0 Å². The van der Waals surface area contributed by atoms with Gasteiger partial charge in [0.2, 0.25) is 5.91 Å². The van der Waals surface area contributed by atoms with Crippen molar-refractivity contribution in [3.05, 3.63) is 70.4 Å². The molecule has 0 aliphatic carbocycles. The standard InChI is InChI=1S/C19H19N3O2S2/c1-2-11-22-18(24)15-9-12-25-17(15)21-19(22)26-13-16(23)20-10-8-14-6-4-3-5-7-14/h2-7,9,12H,1,8,10-11,13H2,(H,20,23). The van der Waals surface area contributed by atoms with E-state index in [4.69, 9.17) is 0 Å². The van der Waals surface area contributed by atoms with Gasteiger partial charge in [-0.25, -0.2) is 4.98 Å². The minimum Gasteiger partial charge on any atom is -0.355 e. The second kappa shape index (κ2) is 8.82. The third-order valence-electron chi connectivity index (χ3n) is 3.77. The maximum absolute atomic E-state index is 12.5. The molecule has 0 bridgehead atoms. The lowest BCUT2D eigenvalue weighted by Crippen LogP contribution is -2.28. The number of hydrogen-bond donors (Lipinski definition) is 1. The highest BCUT2D eigenvalue weighted by Gasteiger charge is 2.13. The molecule has 7 heteroatoms. The third-order valence-corrected chi connectivity index (χ3v) is 5.55. The zero-order valence-electron chi connectivity index (χ0n) is 14.2. The summed E-state index contributed by atoms with van der Waals surface area (Å²) in [5.41, 5.74) is 1.09. The average molecular weight is 386 g/mol. The van der Waals surface area contributed by atoms with Gasteiger partial charge >= 0.3 is 0 Å². The van der Waals surface area contributed by atoms with Crippen molar-refractivity contribution in [2.75, 3.05) is 12.3 Å². The zero-order chi connectivity index (χ0) is 18.4. The number of rotatable bonds is 8. The third kappa shape index (κ3) is 4.42. The van der Waals surface area contributed by atoms with Crippen molar-refractivity contribution < 1.29 is 4.79 Å². The van der Waals surface area contributed by atoms with E-state index in [0.29, 0.717) is 28.5 Å². The Morgan fingerprint density at radius 2 is 2.12 bits per heavy atom. The van der Waals surface area contributed by atoms with Gasteiger partial charge in [0.25, 0.3) is 5.56 Å². The molecule has 1 N–H and O–H groups in total. The number of thiophene rings is 1. The van der Waals surface area contributed by atoms with E-state index in [0.717, 1.165) is 6.42 Å².